The Morgan fingerprint density at radius 1 is 1.03 bits per heavy atom. The number of carboxylic acids is 1. The van der Waals surface area contributed by atoms with Crippen molar-refractivity contribution in [2.45, 2.75) is 64.4 Å². The van der Waals surface area contributed by atoms with Gasteiger partial charge in [0.1, 0.15) is 5.60 Å². The van der Waals surface area contributed by atoms with Crippen LogP contribution in [-0.4, -0.2) is 22.8 Å². The molecule has 0 radical (unpaired) electrons. The highest BCUT2D eigenvalue weighted by Gasteiger charge is 2.32. The number of ether oxygens (including phenoxy) is 1. The maximum Gasteiger partial charge on any atom is 0.412 e. The maximum absolute atomic E-state index is 12.3. The van der Waals surface area contributed by atoms with Crippen molar-refractivity contribution in [3.63, 3.8) is 0 Å². The highest BCUT2D eigenvalue weighted by atomic mass is 16.6. The molecule has 0 saturated heterocycles. The van der Waals surface area contributed by atoms with Crippen LogP contribution in [0.15, 0.2) is 54.6 Å². The van der Waals surface area contributed by atoms with Crippen molar-refractivity contribution in [3.8, 4) is 0 Å². The summed E-state index contributed by atoms with van der Waals surface area (Å²) in [6.07, 6.45) is 2.00. The lowest BCUT2D eigenvalue weighted by Gasteiger charge is -2.27. The minimum absolute atomic E-state index is 0.277. The van der Waals surface area contributed by atoms with Crippen LogP contribution in [0.4, 0.5) is 10.5 Å². The van der Waals surface area contributed by atoms with E-state index in [1.54, 1.807) is 26.8 Å². The van der Waals surface area contributed by atoms with Crippen molar-refractivity contribution >= 4 is 17.7 Å². The minimum Gasteiger partial charge on any atom is -0.481 e. The zero-order valence-corrected chi connectivity index (χ0v) is 17.6. The van der Waals surface area contributed by atoms with Crippen LogP contribution in [0, 0.1) is 0 Å². The molecular formula is C24H31NO4. The number of carbonyl (C=O) groups is 2. The van der Waals surface area contributed by atoms with E-state index in [1.165, 1.54) is 0 Å². The number of hydrogen-bond acceptors (Lipinski definition) is 3. The third-order valence-corrected chi connectivity index (χ3v) is 4.69. The molecule has 0 aliphatic heterocycles. The summed E-state index contributed by atoms with van der Waals surface area (Å²) < 4.78 is 5.38. The molecule has 156 valence electrons. The first-order chi connectivity index (χ1) is 13.7. The van der Waals surface area contributed by atoms with E-state index in [-0.39, 0.29) is 5.92 Å². The summed E-state index contributed by atoms with van der Waals surface area (Å²) >= 11 is 0. The number of benzene rings is 2. The number of rotatable bonds is 8. The van der Waals surface area contributed by atoms with E-state index in [0.29, 0.717) is 12.1 Å². The lowest BCUT2D eigenvalue weighted by molar-refractivity contribution is -0.139. The molecule has 5 nitrogen and oxygen atoms in total. The third kappa shape index (κ3) is 6.63. The lowest BCUT2D eigenvalue weighted by Crippen LogP contribution is -2.28. The Balaban J connectivity index is 2.44. The van der Waals surface area contributed by atoms with E-state index < -0.39 is 23.6 Å². The predicted molar refractivity (Wildman–Crippen MR) is 115 cm³/mol. The Labute approximate surface area is 173 Å². The number of para-hydroxylation sites is 1. The Morgan fingerprint density at radius 2 is 1.66 bits per heavy atom. The second kappa shape index (κ2) is 10.1. The van der Waals surface area contributed by atoms with Crippen LogP contribution in [0.5, 0.6) is 0 Å². The molecule has 1 amide bonds. The van der Waals surface area contributed by atoms with Gasteiger partial charge in [-0.3, -0.25) is 10.1 Å². The van der Waals surface area contributed by atoms with Gasteiger partial charge in [-0.15, -0.1) is 0 Å². The van der Waals surface area contributed by atoms with Crippen molar-refractivity contribution in [1.29, 1.82) is 0 Å². The van der Waals surface area contributed by atoms with Crippen molar-refractivity contribution in [2.24, 2.45) is 0 Å². The van der Waals surface area contributed by atoms with Gasteiger partial charge in [-0.25, -0.2) is 4.79 Å². The first kappa shape index (κ1) is 22.5. The summed E-state index contributed by atoms with van der Waals surface area (Å²) in [7, 11) is 0. The minimum atomic E-state index is -0.871. The molecule has 0 unspecified atom stereocenters. The summed E-state index contributed by atoms with van der Waals surface area (Å²) in [4.78, 5) is 24.6. The summed E-state index contributed by atoms with van der Waals surface area (Å²) in [5.74, 6) is -1.85. The zero-order chi connectivity index (χ0) is 21.4. The summed E-state index contributed by atoms with van der Waals surface area (Å²) in [5, 5.41) is 12.9. The van der Waals surface area contributed by atoms with Gasteiger partial charge in [-0.1, -0.05) is 68.3 Å². The molecule has 2 N–H and O–H groups in total. The number of nitrogens with one attached hydrogen (secondary N) is 1. The quantitative estimate of drug-likeness (QED) is 0.558. The number of anilines is 1. The summed E-state index contributed by atoms with van der Waals surface area (Å²) in [5.41, 5.74) is 1.54. The average Bonchev–Trinajstić information content (AvgIpc) is 2.64. The van der Waals surface area contributed by atoms with E-state index in [0.717, 1.165) is 24.0 Å². The molecule has 29 heavy (non-hydrogen) atoms. The molecule has 2 aromatic carbocycles. The number of carbonyl (C=O) groups excluding carboxylic acids is 1. The van der Waals surface area contributed by atoms with E-state index in [9.17, 15) is 14.7 Å². The summed E-state index contributed by atoms with van der Waals surface area (Å²) in [6.45, 7) is 7.50. The van der Waals surface area contributed by atoms with Crippen molar-refractivity contribution in [3.05, 3.63) is 65.7 Å². The molecule has 0 spiro atoms. The van der Waals surface area contributed by atoms with E-state index in [2.05, 4.69) is 12.2 Å². The normalized spacial score (nSPS) is 13.4. The smallest absolute Gasteiger partial charge is 0.412 e. The van der Waals surface area contributed by atoms with Crippen LogP contribution < -0.4 is 5.32 Å². The highest BCUT2D eigenvalue weighted by molar-refractivity contribution is 5.87. The summed E-state index contributed by atoms with van der Waals surface area (Å²) in [6, 6.07) is 16.7. The van der Waals surface area contributed by atoms with Gasteiger partial charge in [0, 0.05) is 11.6 Å². The number of amides is 1. The standard InChI is InChI=1S/C24H31NO4/c1-5-6-14-19(21(22(26)27)17-12-8-7-9-13-17)18-15-10-11-16-20(18)25-23(28)29-24(2,3)4/h7-13,15-16,19,21H,5-6,14H2,1-4H3,(H,25,28)(H,26,27)/t19-,21+/m1/s1. The second-order valence-electron chi connectivity index (χ2n) is 8.19. The maximum atomic E-state index is 12.3. The van der Waals surface area contributed by atoms with Crippen molar-refractivity contribution < 1.29 is 19.4 Å². The van der Waals surface area contributed by atoms with Gasteiger partial charge in [0.15, 0.2) is 0 Å². The monoisotopic (exact) mass is 397 g/mol. The van der Waals surface area contributed by atoms with Crippen molar-refractivity contribution in [2.75, 3.05) is 5.32 Å². The molecule has 0 saturated carbocycles. The van der Waals surface area contributed by atoms with E-state index >= 15 is 0 Å². The molecular weight excluding hydrogens is 366 g/mol. The number of unbranched alkanes of at least 4 members (excludes halogenated alkanes) is 1. The molecule has 0 bridgehead atoms. The third-order valence-electron chi connectivity index (χ3n) is 4.69. The van der Waals surface area contributed by atoms with Crippen LogP contribution in [0.25, 0.3) is 0 Å². The van der Waals surface area contributed by atoms with Gasteiger partial charge < -0.3 is 9.84 Å². The van der Waals surface area contributed by atoms with E-state index in [1.807, 2.05) is 48.5 Å². The van der Waals surface area contributed by atoms with Crippen LogP contribution in [0.2, 0.25) is 0 Å². The van der Waals surface area contributed by atoms with Crippen LogP contribution >= 0.6 is 0 Å². The fourth-order valence-corrected chi connectivity index (χ4v) is 3.48. The molecule has 0 aromatic heterocycles. The van der Waals surface area contributed by atoms with Gasteiger partial charge in [0.25, 0.3) is 0 Å². The van der Waals surface area contributed by atoms with E-state index in [4.69, 9.17) is 4.74 Å². The Kier molecular flexibility index (Phi) is 7.82. The topological polar surface area (TPSA) is 75.6 Å². The van der Waals surface area contributed by atoms with Gasteiger partial charge in [-0.2, -0.15) is 0 Å². The number of hydrogen-bond donors (Lipinski definition) is 2. The van der Waals surface area contributed by atoms with Crippen LogP contribution in [-0.2, 0) is 9.53 Å². The number of carboxylic acid groups (broad SMARTS) is 1. The zero-order valence-electron chi connectivity index (χ0n) is 17.6. The molecule has 2 rings (SSSR count). The molecule has 5 heteroatoms. The van der Waals surface area contributed by atoms with Gasteiger partial charge in [-0.05, 0) is 44.4 Å². The first-order valence-corrected chi connectivity index (χ1v) is 10.1. The molecule has 0 heterocycles. The molecule has 0 aliphatic rings. The molecule has 2 aromatic rings. The molecule has 0 fully saturated rings. The first-order valence-electron chi connectivity index (χ1n) is 10.1. The Bertz CT molecular complexity index is 811. The van der Waals surface area contributed by atoms with Gasteiger partial charge in [0.2, 0.25) is 0 Å². The lowest BCUT2D eigenvalue weighted by atomic mass is 9.78. The largest absolute Gasteiger partial charge is 0.481 e. The Morgan fingerprint density at radius 3 is 2.24 bits per heavy atom. The van der Waals surface area contributed by atoms with Crippen LogP contribution in [0.1, 0.15) is 69.9 Å². The fraction of sp³-hybridized carbons (Fsp3) is 0.417. The predicted octanol–water partition coefficient (Wildman–Crippen LogP) is 6.18. The highest BCUT2D eigenvalue weighted by Crippen LogP contribution is 2.40. The SMILES string of the molecule is CCCC[C@H](c1ccccc1NC(=O)OC(C)(C)C)[C@@H](C(=O)O)c1ccccc1. The van der Waals surface area contributed by atoms with Gasteiger partial charge >= 0.3 is 12.1 Å². The number of aliphatic carboxylic acids is 1. The van der Waals surface area contributed by atoms with Gasteiger partial charge in [0.05, 0.1) is 5.92 Å². The second-order valence-corrected chi connectivity index (χ2v) is 8.19. The average molecular weight is 398 g/mol. The Hall–Kier alpha value is -2.82. The fourth-order valence-electron chi connectivity index (χ4n) is 3.48. The molecule has 0 aliphatic carbocycles. The molecule has 2 atom stereocenters. The van der Waals surface area contributed by atoms with Crippen molar-refractivity contribution in [1.82, 2.24) is 0 Å². The van der Waals surface area contributed by atoms with Crippen LogP contribution in [0.3, 0.4) is 0 Å².